The van der Waals surface area contributed by atoms with Crippen LogP contribution in [-0.4, -0.2) is 44.5 Å². The number of carbonyl (C=O) groups excluding carboxylic acids is 2. The summed E-state index contributed by atoms with van der Waals surface area (Å²) in [6.07, 6.45) is 4.04. The first-order valence-electron chi connectivity index (χ1n) is 13.3. The monoisotopic (exact) mass is 534 g/mol. The van der Waals surface area contributed by atoms with Crippen LogP contribution in [0.2, 0.25) is 0 Å². The van der Waals surface area contributed by atoms with E-state index in [1.54, 1.807) is 66.7 Å². The summed E-state index contributed by atoms with van der Waals surface area (Å²) in [6.45, 7) is 6.47. The molecule has 1 fully saturated rings. The molecule has 0 N–H and O–H groups in total. The first-order chi connectivity index (χ1) is 19.1. The van der Waals surface area contributed by atoms with Crippen LogP contribution in [0.1, 0.15) is 60.2 Å². The Morgan fingerprint density at radius 3 is 1.82 bits per heavy atom. The molecule has 1 atom stereocenters. The fraction of sp³-hybridized carbons (Fsp3) is 0.355. The largest absolute Gasteiger partial charge is 0.494 e. The average Bonchev–Trinajstić information content (AvgIpc) is 3.78. The zero-order chi connectivity index (χ0) is 27.5. The molecule has 1 saturated heterocycles. The molecule has 206 valence electrons. The van der Waals surface area contributed by atoms with E-state index in [1.165, 1.54) is 0 Å². The number of carbonyl (C=O) groups is 2. The van der Waals surface area contributed by atoms with Gasteiger partial charge >= 0.3 is 11.9 Å². The summed E-state index contributed by atoms with van der Waals surface area (Å²) in [5.41, 5.74) is 0.704. The van der Waals surface area contributed by atoms with Crippen molar-refractivity contribution in [1.29, 1.82) is 0 Å². The molecule has 3 aromatic carbocycles. The van der Waals surface area contributed by atoms with Crippen LogP contribution in [0.15, 0.2) is 66.7 Å². The number of esters is 2. The maximum Gasteiger partial charge on any atom is 0.343 e. The molecule has 0 radical (unpaired) electrons. The molecule has 8 nitrogen and oxygen atoms in total. The quantitative estimate of drug-likeness (QED) is 0.0976. The maximum atomic E-state index is 12.7. The molecule has 1 aliphatic heterocycles. The summed E-state index contributed by atoms with van der Waals surface area (Å²) in [5.74, 6) is 1.37. The van der Waals surface area contributed by atoms with E-state index in [-0.39, 0.29) is 6.10 Å². The Morgan fingerprint density at radius 1 is 0.692 bits per heavy atom. The highest BCUT2D eigenvalue weighted by molar-refractivity contribution is 5.92. The van der Waals surface area contributed by atoms with E-state index in [9.17, 15) is 9.59 Å². The van der Waals surface area contributed by atoms with Gasteiger partial charge in [0, 0.05) is 6.07 Å². The highest BCUT2D eigenvalue weighted by atomic mass is 16.6. The van der Waals surface area contributed by atoms with Crippen molar-refractivity contribution in [2.24, 2.45) is 0 Å². The summed E-state index contributed by atoms with van der Waals surface area (Å²) < 4.78 is 33.5. The van der Waals surface area contributed by atoms with Crippen LogP contribution in [-0.2, 0) is 4.74 Å². The molecule has 3 aromatic rings. The molecule has 0 bridgehead atoms. The fourth-order valence-electron chi connectivity index (χ4n) is 3.47. The number of ether oxygens (including phenoxy) is 6. The van der Waals surface area contributed by atoms with E-state index < -0.39 is 11.9 Å². The second-order valence-corrected chi connectivity index (χ2v) is 9.11. The molecule has 1 aliphatic rings. The van der Waals surface area contributed by atoms with Gasteiger partial charge in [-0.15, -0.1) is 0 Å². The van der Waals surface area contributed by atoms with Crippen LogP contribution >= 0.6 is 0 Å². The van der Waals surface area contributed by atoms with Gasteiger partial charge in [0.2, 0.25) is 0 Å². The summed E-state index contributed by atoms with van der Waals surface area (Å²) in [4.78, 5) is 25.2. The molecule has 1 unspecified atom stereocenters. The number of hydrogen-bond donors (Lipinski definition) is 0. The lowest BCUT2D eigenvalue weighted by Crippen LogP contribution is -2.11. The number of unbranched alkanes of at least 4 members (excludes halogenated alkanes) is 2. The fourth-order valence-corrected chi connectivity index (χ4v) is 3.47. The van der Waals surface area contributed by atoms with E-state index in [2.05, 4.69) is 13.8 Å². The Labute approximate surface area is 228 Å². The lowest BCUT2D eigenvalue weighted by molar-refractivity contribution is 0.0730. The van der Waals surface area contributed by atoms with E-state index in [4.69, 9.17) is 28.4 Å². The molecule has 39 heavy (non-hydrogen) atoms. The van der Waals surface area contributed by atoms with Crippen molar-refractivity contribution in [2.45, 2.75) is 45.6 Å². The second kappa shape index (κ2) is 14.2. The normalized spacial score (nSPS) is 13.8. The molecule has 0 amide bonds. The number of hydrogen-bond acceptors (Lipinski definition) is 8. The number of rotatable bonds is 15. The van der Waals surface area contributed by atoms with Gasteiger partial charge in [-0.1, -0.05) is 26.7 Å². The van der Waals surface area contributed by atoms with Crippen molar-refractivity contribution in [3.63, 3.8) is 0 Å². The molecule has 0 saturated carbocycles. The first-order valence-corrected chi connectivity index (χ1v) is 13.3. The number of benzene rings is 3. The third-order valence-corrected chi connectivity index (χ3v) is 5.87. The van der Waals surface area contributed by atoms with Gasteiger partial charge in [0.15, 0.2) is 11.5 Å². The van der Waals surface area contributed by atoms with Gasteiger partial charge in [0.1, 0.15) is 30.0 Å². The van der Waals surface area contributed by atoms with Crippen molar-refractivity contribution < 1.29 is 38.0 Å². The van der Waals surface area contributed by atoms with E-state index in [0.717, 1.165) is 25.7 Å². The highest BCUT2D eigenvalue weighted by Gasteiger charge is 2.24. The van der Waals surface area contributed by atoms with Crippen LogP contribution in [0.4, 0.5) is 0 Å². The van der Waals surface area contributed by atoms with Crippen molar-refractivity contribution in [3.05, 3.63) is 77.9 Å². The van der Waals surface area contributed by atoms with Gasteiger partial charge in [-0.25, -0.2) is 9.59 Å². The molecule has 8 heteroatoms. The highest BCUT2D eigenvalue weighted by Crippen LogP contribution is 2.33. The molecular weight excluding hydrogens is 500 g/mol. The molecule has 4 rings (SSSR count). The third kappa shape index (κ3) is 8.75. The van der Waals surface area contributed by atoms with Gasteiger partial charge in [-0.3, -0.25) is 0 Å². The van der Waals surface area contributed by atoms with Crippen LogP contribution in [0.25, 0.3) is 0 Å². The van der Waals surface area contributed by atoms with Gasteiger partial charge in [-0.2, -0.15) is 0 Å². The molecule has 0 spiro atoms. The Bertz CT molecular complexity index is 1220. The zero-order valence-electron chi connectivity index (χ0n) is 22.4. The number of epoxide rings is 1. The van der Waals surface area contributed by atoms with Crippen LogP contribution in [0.5, 0.6) is 28.7 Å². The molecule has 0 aliphatic carbocycles. The summed E-state index contributed by atoms with van der Waals surface area (Å²) in [5, 5.41) is 0. The minimum atomic E-state index is -0.553. The molecule has 0 aromatic heterocycles. The van der Waals surface area contributed by atoms with Gasteiger partial charge in [-0.05, 0) is 73.5 Å². The second-order valence-electron chi connectivity index (χ2n) is 9.11. The van der Waals surface area contributed by atoms with Gasteiger partial charge < -0.3 is 28.4 Å². The zero-order valence-corrected chi connectivity index (χ0v) is 22.4. The van der Waals surface area contributed by atoms with E-state index in [1.807, 2.05) is 0 Å². The molecular formula is C31H34O8. The Morgan fingerprint density at radius 2 is 1.23 bits per heavy atom. The van der Waals surface area contributed by atoms with Crippen LogP contribution in [0, 0.1) is 0 Å². The Hall–Kier alpha value is -4.04. The van der Waals surface area contributed by atoms with Gasteiger partial charge in [0.25, 0.3) is 0 Å². The third-order valence-electron chi connectivity index (χ3n) is 5.87. The predicted octanol–water partition coefficient (Wildman–Crippen LogP) is 6.26. The minimum Gasteiger partial charge on any atom is -0.494 e. The molecule has 1 heterocycles. The van der Waals surface area contributed by atoms with E-state index in [0.29, 0.717) is 66.3 Å². The predicted molar refractivity (Wildman–Crippen MR) is 145 cm³/mol. The summed E-state index contributed by atoms with van der Waals surface area (Å²) >= 11 is 0. The van der Waals surface area contributed by atoms with Crippen molar-refractivity contribution in [1.82, 2.24) is 0 Å². The first kappa shape index (κ1) is 28.0. The average molecular weight is 535 g/mol. The van der Waals surface area contributed by atoms with Crippen LogP contribution in [0.3, 0.4) is 0 Å². The Kier molecular flexibility index (Phi) is 10.2. The van der Waals surface area contributed by atoms with Gasteiger partial charge in [0.05, 0.1) is 30.9 Å². The lowest BCUT2D eigenvalue weighted by atomic mass is 10.2. The van der Waals surface area contributed by atoms with Crippen molar-refractivity contribution in [3.8, 4) is 28.7 Å². The summed E-state index contributed by atoms with van der Waals surface area (Å²) in [7, 11) is 0. The summed E-state index contributed by atoms with van der Waals surface area (Å²) in [6, 6.07) is 18.0. The van der Waals surface area contributed by atoms with E-state index >= 15 is 0 Å². The SMILES string of the molecule is CCCCOc1ccc(C(=O)Oc2ccc(C(=O)Oc3ccc(OCCCC)c(OCC4CO4)c3)cc2)cc1. The lowest BCUT2D eigenvalue weighted by Gasteiger charge is -2.14. The Balaban J connectivity index is 1.33. The van der Waals surface area contributed by atoms with Crippen molar-refractivity contribution >= 4 is 11.9 Å². The van der Waals surface area contributed by atoms with Crippen LogP contribution < -0.4 is 23.7 Å². The maximum absolute atomic E-state index is 12.7. The van der Waals surface area contributed by atoms with Crippen molar-refractivity contribution in [2.75, 3.05) is 26.4 Å². The standard InChI is InChI=1S/C31H34O8/c1-3-5-17-34-24-11-7-22(8-12-24)30(32)38-25-13-9-23(10-14-25)31(33)39-26-15-16-28(35-18-6-4-2)29(19-26)37-21-27-20-36-27/h7-16,19,27H,3-6,17-18,20-21H2,1-2H3. The smallest absolute Gasteiger partial charge is 0.343 e. The minimum absolute atomic E-state index is 0.0799. The topological polar surface area (TPSA) is 92.8 Å².